The highest BCUT2D eigenvalue weighted by atomic mass is 16.5. The van der Waals surface area contributed by atoms with Crippen molar-refractivity contribution in [2.75, 3.05) is 5.32 Å². The molecule has 3 heterocycles. The molecule has 0 radical (unpaired) electrons. The maximum absolute atomic E-state index is 6.22. The number of hydrogen-bond donors (Lipinski definition) is 1. The summed E-state index contributed by atoms with van der Waals surface area (Å²) in [5.74, 6) is 2.49. The second-order valence-electron chi connectivity index (χ2n) is 7.35. The molecule has 30 heavy (non-hydrogen) atoms. The number of ether oxygens (including phenoxy) is 1. The van der Waals surface area contributed by atoms with E-state index in [4.69, 9.17) is 4.74 Å². The van der Waals surface area contributed by atoms with Crippen LogP contribution in [0, 0.1) is 6.33 Å². The molecule has 6 heteroatoms. The van der Waals surface area contributed by atoms with Crippen molar-refractivity contribution >= 4 is 16.7 Å². The van der Waals surface area contributed by atoms with Gasteiger partial charge >= 0.3 is 0 Å². The summed E-state index contributed by atoms with van der Waals surface area (Å²) in [6.45, 7) is 0.726. The van der Waals surface area contributed by atoms with Gasteiger partial charge in [0.1, 0.15) is 17.3 Å². The zero-order valence-corrected chi connectivity index (χ0v) is 16.4. The molecule has 2 aromatic heterocycles. The molecule has 0 atom stereocenters. The molecule has 0 fully saturated rings. The van der Waals surface area contributed by atoms with Crippen molar-refractivity contribution in [3.8, 4) is 28.6 Å². The topological polar surface area (TPSA) is 47.9 Å². The van der Waals surface area contributed by atoms with Crippen LogP contribution in [0.25, 0.3) is 28.1 Å². The van der Waals surface area contributed by atoms with Gasteiger partial charge in [0.25, 0.3) is 0 Å². The summed E-state index contributed by atoms with van der Waals surface area (Å²) < 4.78 is 12.4. The molecule has 1 aliphatic rings. The van der Waals surface area contributed by atoms with E-state index in [2.05, 4.69) is 44.0 Å². The molecule has 146 valence electrons. The van der Waals surface area contributed by atoms with Gasteiger partial charge < -0.3 is 23.8 Å². The Kier molecular flexibility index (Phi) is 3.64. The number of aryl methyl sites for hydroxylation is 1. The predicted octanol–water partition coefficient (Wildman–Crippen LogP) is 4.29. The maximum Gasteiger partial charge on any atom is 0.244 e. The average molecular weight is 393 g/mol. The Morgan fingerprint density at radius 3 is 2.90 bits per heavy atom. The third-order valence-electron chi connectivity index (χ3n) is 5.43. The summed E-state index contributed by atoms with van der Waals surface area (Å²) in [5.41, 5.74) is 5.33. The van der Waals surface area contributed by atoms with E-state index in [-0.39, 0.29) is 0 Å². The van der Waals surface area contributed by atoms with Crippen LogP contribution in [0.5, 0.6) is 11.5 Å². The van der Waals surface area contributed by atoms with Gasteiger partial charge in [0.05, 0.1) is 30.4 Å². The molecule has 1 N–H and O–H groups in total. The Morgan fingerprint density at radius 1 is 1.03 bits per heavy atom. The van der Waals surface area contributed by atoms with Gasteiger partial charge in [-0.3, -0.25) is 0 Å². The van der Waals surface area contributed by atoms with E-state index < -0.39 is 0 Å². The van der Waals surface area contributed by atoms with Crippen LogP contribution in [0.4, 0.5) is 5.69 Å². The van der Waals surface area contributed by atoms with Gasteiger partial charge in [0.15, 0.2) is 0 Å². The van der Waals surface area contributed by atoms with Crippen molar-refractivity contribution in [3.05, 3.63) is 85.5 Å². The van der Waals surface area contributed by atoms with Crippen LogP contribution in [0.3, 0.4) is 0 Å². The summed E-state index contributed by atoms with van der Waals surface area (Å²) >= 11 is 0. The number of nitrogens with zero attached hydrogens (tertiary/aromatic N) is 4. The summed E-state index contributed by atoms with van der Waals surface area (Å²) in [7, 11) is 2.00. The average Bonchev–Trinajstić information content (AvgIpc) is 3.39. The number of hydrogen-bond acceptors (Lipinski definition) is 3. The second-order valence-corrected chi connectivity index (χ2v) is 7.35. The third kappa shape index (κ3) is 2.65. The van der Waals surface area contributed by atoms with Gasteiger partial charge in [-0.1, -0.05) is 36.4 Å². The maximum atomic E-state index is 6.22. The molecule has 0 bridgehead atoms. The standard InChI is InChI=1S/C24H19N5O/c1-27-16-29(23-8-3-2-7-22(23)27)17-5-4-6-18(13-17)30-19-9-10-21-20(14-19)24-25-11-12-28(24)15-26-21/h2-14,26H,15H2,1H3. The second kappa shape index (κ2) is 6.49. The van der Waals surface area contributed by atoms with Crippen molar-refractivity contribution in [1.82, 2.24) is 14.1 Å². The normalized spacial score (nSPS) is 12.3. The highest BCUT2D eigenvalue weighted by molar-refractivity contribution is 5.77. The van der Waals surface area contributed by atoms with E-state index in [0.717, 1.165) is 52.0 Å². The molecule has 3 aromatic carbocycles. The van der Waals surface area contributed by atoms with Crippen molar-refractivity contribution in [3.63, 3.8) is 0 Å². The van der Waals surface area contributed by atoms with Gasteiger partial charge in [-0.15, -0.1) is 0 Å². The molecular weight excluding hydrogens is 374 g/mol. The van der Waals surface area contributed by atoms with Crippen LogP contribution in [-0.2, 0) is 13.7 Å². The smallest absolute Gasteiger partial charge is 0.244 e. The van der Waals surface area contributed by atoms with Crippen molar-refractivity contribution in [2.24, 2.45) is 7.05 Å². The molecule has 0 aliphatic carbocycles. The zero-order valence-electron chi connectivity index (χ0n) is 16.4. The van der Waals surface area contributed by atoms with Gasteiger partial charge in [-0.25, -0.2) is 4.98 Å². The lowest BCUT2D eigenvalue weighted by Crippen LogP contribution is -2.26. The first kappa shape index (κ1) is 16.9. The Hall–Kier alpha value is -4.06. The van der Waals surface area contributed by atoms with Gasteiger partial charge in [0.2, 0.25) is 6.33 Å². The van der Waals surface area contributed by atoms with Gasteiger partial charge in [-0.2, -0.15) is 0 Å². The fraction of sp³-hybridized carbons (Fsp3) is 0.0833. The van der Waals surface area contributed by atoms with E-state index in [1.54, 1.807) is 0 Å². The third-order valence-corrected chi connectivity index (χ3v) is 5.43. The number of imidazole rings is 2. The lowest BCUT2D eigenvalue weighted by molar-refractivity contribution is -0.649. The van der Waals surface area contributed by atoms with Crippen molar-refractivity contribution < 1.29 is 9.30 Å². The van der Waals surface area contributed by atoms with E-state index >= 15 is 0 Å². The molecule has 5 aromatic rings. The largest absolute Gasteiger partial charge is 0.458 e. The molecule has 0 amide bonds. The fourth-order valence-electron chi connectivity index (χ4n) is 3.99. The summed E-state index contributed by atoms with van der Waals surface area (Å²) in [6.07, 6.45) is 7.16. The highest BCUT2D eigenvalue weighted by Gasteiger charge is 2.17. The van der Waals surface area contributed by atoms with Crippen molar-refractivity contribution in [1.29, 1.82) is 0 Å². The molecule has 1 aliphatic heterocycles. The SMILES string of the molecule is C[n+]1[c-]n(-c2cccc(Oc3ccc4c(c3)-c3nccn3CN4)c2)c2ccccc21. The molecule has 6 rings (SSSR count). The fourth-order valence-corrected chi connectivity index (χ4v) is 3.99. The summed E-state index contributed by atoms with van der Waals surface area (Å²) in [4.78, 5) is 4.49. The number of fused-ring (bicyclic) bond motifs is 4. The lowest BCUT2D eigenvalue weighted by atomic mass is 10.1. The lowest BCUT2D eigenvalue weighted by Gasteiger charge is -2.20. The zero-order chi connectivity index (χ0) is 20.1. The van der Waals surface area contributed by atoms with E-state index in [0.29, 0.717) is 0 Å². The molecule has 0 saturated carbocycles. The highest BCUT2D eigenvalue weighted by Crippen LogP contribution is 2.35. The monoisotopic (exact) mass is 393 g/mol. The van der Waals surface area contributed by atoms with Gasteiger partial charge in [-0.05, 0) is 30.3 Å². The first-order valence-corrected chi connectivity index (χ1v) is 9.83. The Morgan fingerprint density at radius 2 is 1.93 bits per heavy atom. The molecule has 0 unspecified atom stereocenters. The molecule has 6 nitrogen and oxygen atoms in total. The minimum atomic E-state index is 0.726. The number of nitrogens with one attached hydrogen (secondary N) is 1. The first-order valence-electron chi connectivity index (χ1n) is 9.83. The van der Waals surface area contributed by atoms with Crippen LogP contribution >= 0.6 is 0 Å². The summed E-state index contributed by atoms with van der Waals surface area (Å²) in [6, 6.07) is 22.4. The van der Waals surface area contributed by atoms with E-state index in [1.807, 2.05) is 72.5 Å². The van der Waals surface area contributed by atoms with Crippen molar-refractivity contribution in [2.45, 2.75) is 6.67 Å². The van der Waals surface area contributed by atoms with E-state index in [9.17, 15) is 0 Å². The Bertz CT molecular complexity index is 1400. The molecule has 0 spiro atoms. The van der Waals surface area contributed by atoms with Crippen LogP contribution in [-0.4, -0.2) is 14.1 Å². The van der Waals surface area contributed by atoms with Crippen LogP contribution in [0.1, 0.15) is 0 Å². The number of rotatable bonds is 3. The van der Waals surface area contributed by atoms with Gasteiger partial charge in [0, 0.05) is 23.6 Å². The Labute approximate surface area is 173 Å². The molecular formula is C24H19N5O. The minimum absolute atomic E-state index is 0.726. The molecule has 0 saturated heterocycles. The van der Waals surface area contributed by atoms with Crippen LogP contribution in [0.2, 0.25) is 0 Å². The van der Waals surface area contributed by atoms with E-state index in [1.165, 1.54) is 0 Å². The number of benzene rings is 3. The predicted molar refractivity (Wildman–Crippen MR) is 115 cm³/mol. The number of para-hydroxylation sites is 2. The van der Waals surface area contributed by atoms with Crippen LogP contribution in [0.15, 0.2) is 79.1 Å². The van der Waals surface area contributed by atoms with Crippen LogP contribution < -0.4 is 14.6 Å². The minimum Gasteiger partial charge on any atom is -0.458 e. The first-order chi connectivity index (χ1) is 14.8. The summed E-state index contributed by atoms with van der Waals surface area (Å²) in [5, 5.41) is 3.40. The quantitative estimate of drug-likeness (QED) is 0.367. The Balaban J connectivity index is 1.36. The number of aromatic nitrogens is 4. The number of anilines is 1.